The van der Waals surface area contributed by atoms with E-state index in [1.165, 1.54) is 6.07 Å². The molecule has 1 heterocycles. The van der Waals surface area contributed by atoms with E-state index >= 15 is 0 Å². The molecule has 0 radical (unpaired) electrons. The monoisotopic (exact) mass is 324 g/mol. The van der Waals surface area contributed by atoms with Crippen LogP contribution in [0.25, 0.3) is 0 Å². The quantitative estimate of drug-likeness (QED) is 0.931. The molecule has 0 spiro atoms. The summed E-state index contributed by atoms with van der Waals surface area (Å²) in [6.07, 6.45) is 0. The molecular formula is C15H17ClN2O2S. The zero-order chi connectivity index (χ0) is 15.6. The van der Waals surface area contributed by atoms with Crippen LogP contribution in [-0.4, -0.2) is 10.9 Å². The summed E-state index contributed by atoms with van der Waals surface area (Å²) in [5.41, 5.74) is 6.44. The third-order valence-electron chi connectivity index (χ3n) is 2.78. The van der Waals surface area contributed by atoms with E-state index in [0.717, 1.165) is 10.7 Å². The van der Waals surface area contributed by atoms with Crippen LogP contribution in [-0.2, 0) is 12.0 Å². The van der Waals surface area contributed by atoms with Gasteiger partial charge in [-0.2, -0.15) is 0 Å². The molecule has 6 heteroatoms. The van der Waals surface area contributed by atoms with Gasteiger partial charge in [0.2, 0.25) is 0 Å². The minimum absolute atomic E-state index is 0.0155. The number of rotatable bonds is 4. The van der Waals surface area contributed by atoms with Crippen LogP contribution in [0.3, 0.4) is 0 Å². The molecule has 21 heavy (non-hydrogen) atoms. The Morgan fingerprint density at radius 2 is 2.14 bits per heavy atom. The number of aromatic nitrogens is 1. The second kappa shape index (κ2) is 6.03. The van der Waals surface area contributed by atoms with E-state index in [9.17, 15) is 4.79 Å². The minimum atomic E-state index is -0.568. The van der Waals surface area contributed by atoms with Crippen molar-refractivity contribution >= 4 is 28.8 Å². The standard InChI is InChI=1S/C15H17ClN2O2S/c1-15(2,3)14-18-10(8-21-14)7-20-12-5-4-9(16)6-11(12)13(17)19/h4-6,8H,7H2,1-3H3,(H2,17,19). The Morgan fingerprint density at radius 3 is 2.71 bits per heavy atom. The van der Waals surface area contributed by atoms with Crippen molar-refractivity contribution in [2.24, 2.45) is 5.73 Å². The van der Waals surface area contributed by atoms with Gasteiger partial charge in [-0.15, -0.1) is 11.3 Å². The smallest absolute Gasteiger partial charge is 0.252 e. The number of thiazole rings is 1. The van der Waals surface area contributed by atoms with E-state index in [4.69, 9.17) is 22.1 Å². The fraction of sp³-hybridized carbons (Fsp3) is 0.333. The van der Waals surface area contributed by atoms with Crippen molar-refractivity contribution in [1.82, 2.24) is 4.98 Å². The summed E-state index contributed by atoms with van der Waals surface area (Å²) < 4.78 is 5.65. The highest BCUT2D eigenvalue weighted by Gasteiger charge is 2.18. The molecule has 0 fully saturated rings. The molecule has 2 aromatic rings. The Labute approximate surface area is 132 Å². The van der Waals surface area contributed by atoms with Crippen LogP contribution in [0, 0.1) is 0 Å². The van der Waals surface area contributed by atoms with E-state index in [0.29, 0.717) is 10.8 Å². The van der Waals surface area contributed by atoms with Crippen LogP contribution in [0.4, 0.5) is 0 Å². The van der Waals surface area contributed by atoms with E-state index in [2.05, 4.69) is 25.8 Å². The maximum absolute atomic E-state index is 11.4. The first-order chi connectivity index (χ1) is 9.77. The van der Waals surface area contributed by atoms with Crippen molar-refractivity contribution in [3.8, 4) is 5.75 Å². The van der Waals surface area contributed by atoms with E-state index < -0.39 is 5.91 Å². The number of hydrogen-bond acceptors (Lipinski definition) is 4. The molecule has 0 aliphatic rings. The molecule has 0 aliphatic heterocycles. The number of primary amides is 1. The lowest BCUT2D eigenvalue weighted by Crippen LogP contribution is -2.13. The van der Waals surface area contributed by atoms with Crippen LogP contribution in [0.2, 0.25) is 5.02 Å². The van der Waals surface area contributed by atoms with Crippen molar-refractivity contribution in [3.05, 3.63) is 44.9 Å². The van der Waals surface area contributed by atoms with E-state index in [-0.39, 0.29) is 17.6 Å². The fourth-order valence-corrected chi connectivity index (χ4v) is 2.75. The average molecular weight is 325 g/mol. The second-order valence-electron chi connectivity index (χ2n) is 5.69. The summed E-state index contributed by atoms with van der Waals surface area (Å²) in [6.45, 7) is 6.62. The highest BCUT2D eigenvalue weighted by molar-refractivity contribution is 7.09. The third kappa shape index (κ3) is 3.95. The van der Waals surface area contributed by atoms with Gasteiger partial charge in [0.25, 0.3) is 5.91 Å². The second-order valence-corrected chi connectivity index (χ2v) is 6.98. The number of halogens is 1. The van der Waals surface area contributed by atoms with Gasteiger partial charge in [-0.1, -0.05) is 32.4 Å². The van der Waals surface area contributed by atoms with Crippen LogP contribution in [0.15, 0.2) is 23.6 Å². The van der Waals surface area contributed by atoms with E-state index in [1.807, 2.05) is 5.38 Å². The Morgan fingerprint density at radius 1 is 1.43 bits per heavy atom. The van der Waals surface area contributed by atoms with Gasteiger partial charge in [-0.05, 0) is 18.2 Å². The van der Waals surface area contributed by atoms with Crippen LogP contribution < -0.4 is 10.5 Å². The summed E-state index contributed by atoms with van der Waals surface area (Å²) in [4.78, 5) is 15.9. The molecule has 2 rings (SSSR count). The summed E-state index contributed by atoms with van der Waals surface area (Å²) in [5, 5.41) is 3.45. The Bertz CT molecular complexity index is 662. The molecule has 0 unspecified atom stereocenters. The molecule has 112 valence electrons. The summed E-state index contributed by atoms with van der Waals surface area (Å²) in [5.74, 6) is -0.154. The number of carbonyl (C=O) groups is 1. The van der Waals surface area contributed by atoms with Crippen LogP contribution in [0.1, 0.15) is 41.8 Å². The van der Waals surface area contributed by atoms with Gasteiger partial charge < -0.3 is 10.5 Å². The number of ether oxygens (including phenoxy) is 1. The average Bonchev–Trinajstić information content (AvgIpc) is 2.85. The third-order valence-corrected chi connectivity index (χ3v) is 4.33. The van der Waals surface area contributed by atoms with Gasteiger partial charge in [-0.25, -0.2) is 4.98 Å². The molecule has 0 saturated heterocycles. The number of benzene rings is 1. The largest absolute Gasteiger partial charge is 0.486 e. The predicted octanol–water partition coefficient (Wildman–Crippen LogP) is 3.77. The Hall–Kier alpha value is -1.59. The summed E-state index contributed by atoms with van der Waals surface area (Å²) in [7, 11) is 0. The molecular weight excluding hydrogens is 308 g/mol. The molecule has 0 bridgehead atoms. The molecule has 2 N–H and O–H groups in total. The lowest BCUT2D eigenvalue weighted by molar-refractivity contribution is 0.0996. The highest BCUT2D eigenvalue weighted by Crippen LogP contribution is 2.27. The van der Waals surface area contributed by atoms with Crippen molar-refractivity contribution in [2.75, 3.05) is 0 Å². The highest BCUT2D eigenvalue weighted by atomic mass is 35.5. The van der Waals surface area contributed by atoms with Gasteiger partial charge in [0.1, 0.15) is 12.4 Å². The summed E-state index contributed by atoms with van der Waals surface area (Å²) in [6, 6.07) is 4.80. The zero-order valence-electron chi connectivity index (χ0n) is 12.1. The maximum atomic E-state index is 11.4. The number of carbonyl (C=O) groups excluding carboxylic acids is 1. The first-order valence-corrected chi connectivity index (χ1v) is 7.70. The maximum Gasteiger partial charge on any atom is 0.252 e. The van der Waals surface area contributed by atoms with Gasteiger partial charge in [0.05, 0.1) is 16.3 Å². The lowest BCUT2D eigenvalue weighted by Gasteiger charge is -2.13. The first-order valence-electron chi connectivity index (χ1n) is 6.44. The van der Waals surface area contributed by atoms with Crippen molar-refractivity contribution in [2.45, 2.75) is 32.8 Å². The van der Waals surface area contributed by atoms with Crippen LogP contribution in [0.5, 0.6) is 5.75 Å². The van der Waals surface area contributed by atoms with E-state index in [1.54, 1.807) is 23.5 Å². The number of nitrogens with two attached hydrogens (primary N) is 1. The Balaban J connectivity index is 2.13. The normalized spacial score (nSPS) is 11.4. The predicted molar refractivity (Wildman–Crippen MR) is 85.1 cm³/mol. The number of nitrogens with zero attached hydrogens (tertiary/aromatic N) is 1. The van der Waals surface area contributed by atoms with Gasteiger partial charge in [0.15, 0.2) is 0 Å². The Kier molecular flexibility index (Phi) is 4.54. The van der Waals surface area contributed by atoms with Crippen LogP contribution >= 0.6 is 22.9 Å². The fourth-order valence-electron chi connectivity index (χ4n) is 1.69. The first kappa shape index (κ1) is 15.8. The van der Waals surface area contributed by atoms with Crippen molar-refractivity contribution < 1.29 is 9.53 Å². The van der Waals surface area contributed by atoms with Crippen molar-refractivity contribution in [3.63, 3.8) is 0 Å². The topological polar surface area (TPSA) is 65.2 Å². The molecule has 4 nitrogen and oxygen atoms in total. The SMILES string of the molecule is CC(C)(C)c1nc(COc2ccc(Cl)cc2C(N)=O)cs1. The molecule has 1 aromatic carbocycles. The molecule has 1 aromatic heterocycles. The van der Waals surface area contributed by atoms with Gasteiger partial charge in [-0.3, -0.25) is 4.79 Å². The molecule has 0 atom stereocenters. The molecule has 0 saturated carbocycles. The number of hydrogen-bond donors (Lipinski definition) is 1. The zero-order valence-corrected chi connectivity index (χ0v) is 13.7. The van der Waals surface area contributed by atoms with Crippen molar-refractivity contribution in [1.29, 1.82) is 0 Å². The number of amides is 1. The lowest BCUT2D eigenvalue weighted by atomic mass is 9.98. The molecule has 0 aliphatic carbocycles. The summed E-state index contributed by atoms with van der Waals surface area (Å²) >= 11 is 7.46. The van der Waals surface area contributed by atoms with Gasteiger partial charge in [0, 0.05) is 15.8 Å². The van der Waals surface area contributed by atoms with Gasteiger partial charge >= 0.3 is 0 Å². The minimum Gasteiger partial charge on any atom is -0.486 e. The molecule has 1 amide bonds.